The first-order valence-corrected chi connectivity index (χ1v) is 5.13. The molecule has 1 spiro atoms. The Balaban J connectivity index is 1.62. The number of carbonyl (C=O) groups excluding carboxylic acids is 1. The maximum Gasteiger partial charge on any atom is 0.263 e. The molecule has 0 radical (unpaired) electrons. The summed E-state index contributed by atoms with van der Waals surface area (Å²) in [6, 6.07) is 0. The second-order valence-corrected chi connectivity index (χ2v) is 5.14. The Morgan fingerprint density at radius 2 is 1.86 bits per heavy atom. The molecule has 0 aromatic heterocycles. The Morgan fingerprint density at radius 3 is 2.21 bits per heavy atom. The molecule has 14 heavy (non-hydrogen) atoms. The number of halogens is 2. The second kappa shape index (κ2) is 2.12. The highest BCUT2D eigenvalue weighted by Gasteiger charge is 2.71. The summed E-state index contributed by atoms with van der Waals surface area (Å²) in [5.74, 6) is -4.81. The third kappa shape index (κ3) is 0.916. The van der Waals surface area contributed by atoms with Gasteiger partial charge in [-0.05, 0) is 12.8 Å². The van der Waals surface area contributed by atoms with E-state index in [9.17, 15) is 13.6 Å². The molecule has 3 rings (SSSR count). The molecule has 2 saturated carbocycles. The summed E-state index contributed by atoms with van der Waals surface area (Å²) in [6.45, 7) is 2.91. The van der Waals surface area contributed by atoms with Gasteiger partial charge in [0, 0.05) is 24.4 Å². The number of hydrogen-bond acceptors (Lipinski definition) is 1. The Morgan fingerprint density at radius 1 is 1.36 bits per heavy atom. The van der Waals surface area contributed by atoms with E-state index in [1.165, 1.54) is 19.8 Å². The molecule has 2 nitrogen and oxygen atoms in total. The van der Waals surface area contributed by atoms with Gasteiger partial charge in [0.1, 0.15) is 5.92 Å². The molecular formula is C10H13F2NO. The van der Waals surface area contributed by atoms with Crippen LogP contribution in [0.5, 0.6) is 0 Å². The van der Waals surface area contributed by atoms with Crippen LogP contribution in [-0.4, -0.2) is 29.8 Å². The molecule has 0 N–H and O–H groups in total. The van der Waals surface area contributed by atoms with Crippen molar-refractivity contribution >= 4 is 5.91 Å². The molecule has 0 bridgehead atoms. The zero-order valence-electron chi connectivity index (χ0n) is 8.09. The second-order valence-electron chi connectivity index (χ2n) is 5.14. The minimum atomic E-state index is -2.73. The Labute approximate surface area is 81.3 Å². The number of amides is 1. The first-order chi connectivity index (χ1) is 6.46. The fraction of sp³-hybridized carbons (Fsp3) is 0.900. The lowest BCUT2D eigenvalue weighted by Gasteiger charge is -2.40. The number of rotatable bonds is 1. The number of hydrogen-bond donors (Lipinski definition) is 0. The predicted octanol–water partition coefficient (Wildman–Crippen LogP) is 1.51. The van der Waals surface area contributed by atoms with Crippen LogP contribution < -0.4 is 0 Å². The predicted molar refractivity (Wildman–Crippen MR) is 45.8 cm³/mol. The largest absolute Gasteiger partial charge is 0.341 e. The normalized spacial score (nSPS) is 40.6. The fourth-order valence-electron chi connectivity index (χ4n) is 2.47. The van der Waals surface area contributed by atoms with Crippen molar-refractivity contribution in [3.8, 4) is 0 Å². The van der Waals surface area contributed by atoms with E-state index in [1.54, 1.807) is 4.90 Å². The zero-order valence-corrected chi connectivity index (χ0v) is 8.09. The number of nitrogens with zero attached hydrogens (tertiary/aromatic N) is 1. The van der Waals surface area contributed by atoms with Crippen molar-refractivity contribution < 1.29 is 13.6 Å². The van der Waals surface area contributed by atoms with Crippen molar-refractivity contribution in [3.63, 3.8) is 0 Å². The van der Waals surface area contributed by atoms with E-state index in [0.29, 0.717) is 5.41 Å². The molecule has 78 valence electrons. The molecule has 1 saturated heterocycles. The van der Waals surface area contributed by atoms with E-state index in [-0.39, 0.29) is 5.91 Å². The van der Waals surface area contributed by atoms with Gasteiger partial charge in [-0.25, -0.2) is 8.78 Å². The topological polar surface area (TPSA) is 20.3 Å². The van der Waals surface area contributed by atoms with Gasteiger partial charge in [-0.2, -0.15) is 0 Å². The summed E-state index contributed by atoms with van der Waals surface area (Å²) in [6.07, 6.45) is 2.35. The van der Waals surface area contributed by atoms with Gasteiger partial charge in [0.2, 0.25) is 5.91 Å². The Bertz CT molecular complexity index is 303. The van der Waals surface area contributed by atoms with E-state index in [1.807, 2.05) is 0 Å². The van der Waals surface area contributed by atoms with Crippen molar-refractivity contribution in [2.45, 2.75) is 25.7 Å². The molecule has 1 heterocycles. The minimum Gasteiger partial charge on any atom is -0.341 e. The fourth-order valence-corrected chi connectivity index (χ4v) is 2.47. The lowest BCUT2D eigenvalue weighted by molar-refractivity contribution is -0.142. The molecule has 2 atom stereocenters. The summed E-state index contributed by atoms with van der Waals surface area (Å²) in [4.78, 5) is 13.2. The van der Waals surface area contributed by atoms with Gasteiger partial charge in [0.15, 0.2) is 0 Å². The van der Waals surface area contributed by atoms with Crippen LogP contribution in [0.3, 0.4) is 0 Å². The van der Waals surface area contributed by atoms with Crippen LogP contribution in [0.25, 0.3) is 0 Å². The molecule has 0 aromatic rings. The minimum absolute atomic E-state index is 0.319. The van der Waals surface area contributed by atoms with Crippen LogP contribution in [0.2, 0.25) is 0 Å². The number of alkyl halides is 2. The first kappa shape index (κ1) is 8.62. The standard InChI is InChI=1S/C10H13F2NO/c1-6-7(10(6,11)12)8(14)13-4-9(5-13)2-3-9/h6-7H,2-5H2,1H3/t6-,7+/m1/s1. The Hall–Kier alpha value is -0.670. The molecule has 3 aliphatic rings. The monoisotopic (exact) mass is 201 g/mol. The van der Waals surface area contributed by atoms with E-state index in [2.05, 4.69) is 0 Å². The Kier molecular flexibility index (Phi) is 1.31. The van der Waals surface area contributed by atoms with E-state index >= 15 is 0 Å². The molecule has 0 unspecified atom stereocenters. The number of carbonyl (C=O) groups is 1. The van der Waals surface area contributed by atoms with Crippen LogP contribution in [0, 0.1) is 17.3 Å². The molecule has 0 aromatic carbocycles. The lowest BCUT2D eigenvalue weighted by Crippen LogP contribution is -2.52. The van der Waals surface area contributed by atoms with Crippen LogP contribution in [-0.2, 0) is 4.79 Å². The maximum atomic E-state index is 12.9. The van der Waals surface area contributed by atoms with Crippen molar-refractivity contribution in [2.24, 2.45) is 17.3 Å². The molecule has 2 aliphatic carbocycles. The highest BCUT2D eigenvalue weighted by molar-refractivity contribution is 5.84. The summed E-state index contributed by atoms with van der Waals surface area (Å²) in [5, 5.41) is 0. The van der Waals surface area contributed by atoms with Gasteiger partial charge in [-0.15, -0.1) is 0 Å². The van der Waals surface area contributed by atoms with Crippen LogP contribution in [0.4, 0.5) is 8.78 Å². The third-order valence-corrected chi connectivity index (χ3v) is 4.00. The summed E-state index contributed by atoms with van der Waals surface area (Å²) < 4.78 is 25.8. The van der Waals surface area contributed by atoms with Gasteiger partial charge in [-0.1, -0.05) is 6.92 Å². The molecule has 4 heteroatoms. The molecule has 1 amide bonds. The first-order valence-electron chi connectivity index (χ1n) is 5.13. The van der Waals surface area contributed by atoms with E-state index in [4.69, 9.17) is 0 Å². The molecular weight excluding hydrogens is 188 g/mol. The van der Waals surface area contributed by atoms with Crippen molar-refractivity contribution in [1.82, 2.24) is 4.90 Å². The summed E-state index contributed by atoms with van der Waals surface area (Å²) >= 11 is 0. The SMILES string of the molecule is C[C@@H]1[C@@H](C(=O)N2CC3(CC3)C2)C1(F)F. The van der Waals surface area contributed by atoms with Gasteiger partial charge < -0.3 is 4.90 Å². The molecule has 3 fully saturated rings. The van der Waals surface area contributed by atoms with Crippen molar-refractivity contribution in [3.05, 3.63) is 0 Å². The van der Waals surface area contributed by atoms with Crippen molar-refractivity contribution in [1.29, 1.82) is 0 Å². The van der Waals surface area contributed by atoms with Gasteiger partial charge >= 0.3 is 0 Å². The maximum absolute atomic E-state index is 12.9. The third-order valence-electron chi connectivity index (χ3n) is 4.00. The van der Waals surface area contributed by atoms with E-state index < -0.39 is 17.8 Å². The average molecular weight is 201 g/mol. The smallest absolute Gasteiger partial charge is 0.263 e. The summed E-state index contributed by atoms with van der Waals surface area (Å²) in [7, 11) is 0. The highest BCUT2D eigenvalue weighted by Crippen LogP contribution is 2.59. The van der Waals surface area contributed by atoms with Crippen LogP contribution in [0.1, 0.15) is 19.8 Å². The summed E-state index contributed by atoms with van der Waals surface area (Å²) in [5.41, 5.74) is 0.364. The van der Waals surface area contributed by atoms with Gasteiger partial charge in [0.05, 0.1) is 0 Å². The lowest BCUT2D eigenvalue weighted by atomic mass is 9.96. The average Bonchev–Trinajstić information content (AvgIpc) is 2.87. The van der Waals surface area contributed by atoms with Crippen LogP contribution in [0.15, 0.2) is 0 Å². The van der Waals surface area contributed by atoms with Crippen molar-refractivity contribution in [2.75, 3.05) is 13.1 Å². The van der Waals surface area contributed by atoms with E-state index in [0.717, 1.165) is 13.1 Å². The van der Waals surface area contributed by atoms with Gasteiger partial charge in [-0.3, -0.25) is 4.79 Å². The van der Waals surface area contributed by atoms with Crippen LogP contribution >= 0.6 is 0 Å². The zero-order chi connectivity index (χ0) is 10.1. The molecule has 1 aliphatic heterocycles. The highest BCUT2D eigenvalue weighted by atomic mass is 19.3. The quantitative estimate of drug-likeness (QED) is 0.629. The number of likely N-dealkylation sites (tertiary alicyclic amines) is 1. The van der Waals surface area contributed by atoms with Gasteiger partial charge in [0.25, 0.3) is 5.92 Å².